The lowest BCUT2D eigenvalue weighted by atomic mass is 9.84. The van der Waals surface area contributed by atoms with Crippen molar-refractivity contribution in [3.8, 4) is 0 Å². The minimum atomic E-state index is -1.45. The molecule has 0 fully saturated rings. The Bertz CT molecular complexity index is 518. The normalized spacial score (nSPS) is 11.8. The maximum atomic E-state index is 12.1. The van der Waals surface area contributed by atoms with Crippen LogP contribution in [0.5, 0.6) is 0 Å². The molecule has 0 saturated carbocycles. The largest absolute Gasteiger partial charge is 0.468 e. The van der Waals surface area contributed by atoms with Crippen molar-refractivity contribution in [1.29, 1.82) is 0 Å². The minimum absolute atomic E-state index is 0.167. The number of esters is 2. The second-order valence-corrected chi connectivity index (χ2v) is 4.98. The van der Waals surface area contributed by atoms with Crippen molar-refractivity contribution < 1.29 is 19.1 Å². The van der Waals surface area contributed by atoms with Gasteiger partial charge in [0.25, 0.3) is 0 Å². The molecule has 1 aromatic rings. The van der Waals surface area contributed by atoms with Crippen molar-refractivity contribution in [2.45, 2.75) is 6.42 Å². The van der Waals surface area contributed by atoms with Crippen LogP contribution in [0.4, 0.5) is 0 Å². The lowest BCUT2D eigenvalue weighted by Crippen LogP contribution is -2.39. The van der Waals surface area contributed by atoms with Crippen molar-refractivity contribution in [2.75, 3.05) is 14.2 Å². The van der Waals surface area contributed by atoms with Gasteiger partial charge < -0.3 is 9.47 Å². The molecule has 0 aliphatic rings. The first-order valence-electron chi connectivity index (χ1n) is 6.27. The first kappa shape index (κ1) is 17.4. The van der Waals surface area contributed by atoms with Crippen LogP contribution in [0.2, 0.25) is 0 Å². The molecular formula is C16H17IO4. The monoisotopic (exact) mass is 400 g/mol. The third-order valence-corrected chi connectivity index (χ3v) is 3.36. The summed E-state index contributed by atoms with van der Waals surface area (Å²) in [6, 6.07) is 9.62. The number of hydrogen-bond donors (Lipinski definition) is 0. The summed E-state index contributed by atoms with van der Waals surface area (Å²) in [6.07, 6.45) is 5.28. The molecule has 0 radical (unpaired) electrons. The van der Waals surface area contributed by atoms with Crippen LogP contribution in [0.3, 0.4) is 0 Å². The SMILES string of the molecule is COC(=O)C(/C=C/I)(C/C=C/c1ccccc1)C(=O)OC. The zero-order valence-corrected chi connectivity index (χ0v) is 14.1. The van der Waals surface area contributed by atoms with Gasteiger partial charge >= 0.3 is 11.9 Å². The lowest BCUT2D eigenvalue weighted by Gasteiger charge is -2.23. The summed E-state index contributed by atoms with van der Waals surface area (Å²) in [5.41, 5.74) is -0.463. The van der Waals surface area contributed by atoms with Crippen LogP contribution < -0.4 is 0 Å². The molecule has 112 valence electrons. The summed E-state index contributed by atoms with van der Waals surface area (Å²) in [7, 11) is 2.50. The van der Waals surface area contributed by atoms with Crippen molar-refractivity contribution in [3.63, 3.8) is 0 Å². The summed E-state index contributed by atoms with van der Waals surface area (Å²) in [4.78, 5) is 24.1. The second kappa shape index (κ2) is 8.61. The molecule has 5 heteroatoms. The zero-order valence-electron chi connectivity index (χ0n) is 11.9. The lowest BCUT2D eigenvalue weighted by molar-refractivity contribution is -0.164. The van der Waals surface area contributed by atoms with Gasteiger partial charge in [-0.15, -0.1) is 0 Å². The van der Waals surface area contributed by atoms with Crippen LogP contribution in [-0.2, 0) is 19.1 Å². The predicted octanol–water partition coefficient (Wildman–Crippen LogP) is 3.37. The molecule has 0 aliphatic heterocycles. The number of allylic oxidation sites excluding steroid dienone is 1. The van der Waals surface area contributed by atoms with Gasteiger partial charge in [0.15, 0.2) is 5.41 Å². The average molecular weight is 400 g/mol. The van der Waals surface area contributed by atoms with Crippen LogP contribution in [0.15, 0.2) is 46.6 Å². The molecule has 1 aromatic carbocycles. The molecule has 0 aliphatic carbocycles. The Balaban J connectivity index is 3.04. The molecular weight excluding hydrogens is 383 g/mol. The highest BCUT2D eigenvalue weighted by molar-refractivity contribution is 14.1. The van der Waals surface area contributed by atoms with E-state index in [0.29, 0.717) is 0 Å². The average Bonchev–Trinajstić information content (AvgIpc) is 2.53. The molecule has 0 amide bonds. The Labute approximate surface area is 138 Å². The van der Waals surface area contributed by atoms with Crippen LogP contribution in [0, 0.1) is 5.41 Å². The fourth-order valence-corrected chi connectivity index (χ4v) is 2.48. The Hall–Kier alpha value is -1.63. The van der Waals surface area contributed by atoms with E-state index >= 15 is 0 Å². The highest BCUT2D eigenvalue weighted by Gasteiger charge is 2.45. The van der Waals surface area contributed by atoms with E-state index in [2.05, 4.69) is 0 Å². The van der Waals surface area contributed by atoms with Crippen molar-refractivity contribution >= 4 is 40.6 Å². The van der Waals surface area contributed by atoms with Gasteiger partial charge in [0, 0.05) is 0 Å². The van der Waals surface area contributed by atoms with Crippen LogP contribution in [-0.4, -0.2) is 26.2 Å². The predicted molar refractivity (Wildman–Crippen MR) is 89.7 cm³/mol. The van der Waals surface area contributed by atoms with E-state index in [1.807, 2.05) is 59.0 Å². The summed E-state index contributed by atoms with van der Waals surface area (Å²) in [5.74, 6) is -1.28. The van der Waals surface area contributed by atoms with E-state index in [1.165, 1.54) is 20.3 Å². The maximum Gasteiger partial charge on any atom is 0.327 e. The van der Waals surface area contributed by atoms with E-state index in [1.54, 1.807) is 10.2 Å². The summed E-state index contributed by atoms with van der Waals surface area (Å²) in [5, 5.41) is 0. The van der Waals surface area contributed by atoms with E-state index in [-0.39, 0.29) is 6.42 Å². The van der Waals surface area contributed by atoms with E-state index < -0.39 is 17.4 Å². The third kappa shape index (κ3) is 4.42. The van der Waals surface area contributed by atoms with Crippen LogP contribution in [0.25, 0.3) is 6.08 Å². The van der Waals surface area contributed by atoms with Gasteiger partial charge in [-0.25, -0.2) is 0 Å². The summed E-state index contributed by atoms with van der Waals surface area (Å²) in [6.45, 7) is 0. The Morgan fingerprint density at radius 3 is 2.19 bits per heavy atom. The van der Waals surface area contributed by atoms with Gasteiger partial charge in [-0.05, 0) is 22.1 Å². The first-order chi connectivity index (χ1) is 10.1. The fourth-order valence-electron chi connectivity index (χ4n) is 1.87. The Morgan fingerprint density at radius 2 is 1.71 bits per heavy atom. The van der Waals surface area contributed by atoms with Crippen molar-refractivity contribution in [3.05, 3.63) is 52.1 Å². The van der Waals surface area contributed by atoms with Gasteiger partial charge in [-0.1, -0.05) is 65.1 Å². The highest BCUT2D eigenvalue weighted by atomic mass is 127. The van der Waals surface area contributed by atoms with Gasteiger partial charge in [0.05, 0.1) is 14.2 Å². The number of rotatable bonds is 6. The molecule has 0 heterocycles. The smallest absolute Gasteiger partial charge is 0.327 e. The second-order valence-electron chi connectivity index (χ2n) is 4.26. The molecule has 1 rings (SSSR count). The van der Waals surface area contributed by atoms with Gasteiger partial charge in [0.2, 0.25) is 0 Å². The minimum Gasteiger partial charge on any atom is -0.468 e. The molecule has 21 heavy (non-hydrogen) atoms. The molecule has 0 atom stereocenters. The third-order valence-electron chi connectivity index (χ3n) is 3.00. The number of methoxy groups -OCH3 is 2. The molecule has 4 nitrogen and oxygen atoms in total. The highest BCUT2D eigenvalue weighted by Crippen LogP contribution is 2.29. The number of carbonyl (C=O) groups is 2. The maximum absolute atomic E-state index is 12.1. The summed E-state index contributed by atoms with van der Waals surface area (Å²) < 4.78 is 11.1. The summed E-state index contributed by atoms with van der Waals surface area (Å²) >= 11 is 1.96. The van der Waals surface area contributed by atoms with Gasteiger partial charge in [0.1, 0.15) is 0 Å². The van der Waals surface area contributed by atoms with Crippen molar-refractivity contribution in [2.24, 2.45) is 5.41 Å². The molecule has 0 spiro atoms. The van der Waals surface area contributed by atoms with Gasteiger partial charge in [-0.2, -0.15) is 0 Å². The first-order valence-corrected chi connectivity index (χ1v) is 7.51. The number of ether oxygens (including phenoxy) is 2. The van der Waals surface area contributed by atoms with E-state index in [0.717, 1.165) is 5.56 Å². The topological polar surface area (TPSA) is 52.6 Å². The Kier molecular flexibility index (Phi) is 7.14. The molecule has 0 aromatic heterocycles. The fraction of sp³-hybridized carbons (Fsp3) is 0.250. The quantitative estimate of drug-likeness (QED) is 0.418. The van der Waals surface area contributed by atoms with E-state index in [4.69, 9.17) is 9.47 Å². The molecule has 0 bridgehead atoms. The number of benzene rings is 1. The Morgan fingerprint density at radius 1 is 1.14 bits per heavy atom. The zero-order chi connectivity index (χ0) is 15.7. The molecule has 0 N–H and O–H groups in total. The van der Waals surface area contributed by atoms with Crippen LogP contribution in [0.1, 0.15) is 12.0 Å². The van der Waals surface area contributed by atoms with E-state index in [9.17, 15) is 9.59 Å². The number of halogens is 1. The van der Waals surface area contributed by atoms with Crippen LogP contribution >= 0.6 is 22.6 Å². The number of hydrogen-bond acceptors (Lipinski definition) is 4. The van der Waals surface area contributed by atoms with Crippen molar-refractivity contribution in [1.82, 2.24) is 0 Å². The molecule has 0 unspecified atom stereocenters. The van der Waals surface area contributed by atoms with Gasteiger partial charge in [-0.3, -0.25) is 9.59 Å². The number of carbonyl (C=O) groups excluding carboxylic acids is 2. The molecule has 0 saturated heterocycles. The standard InChI is InChI=1S/C16H17IO4/c1-20-14(18)16(11-12-17,15(19)21-2)10-6-9-13-7-4-3-5-8-13/h3-9,11-12H,10H2,1-2H3/b9-6+,12-11+.